The first-order chi connectivity index (χ1) is 6.09. The molecular formula is C9H7BrClNO. The van der Waals surface area contributed by atoms with E-state index < -0.39 is 5.91 Å². The molecule has 4 heteroatoms. The lowest BCUT2D eigenvalue weighted by Gasteiger charge is -1.97. The van der Waals surface area contributed by atoms with E-state index in [-0.39, 0.29) is 0 Å². The lowest BCUT2D eigenvalue weighted by Crippen LogP contribution is -2.05. The fraction of sp³-hybridized carbons (Fsp3) is 0. The predicted molar refractivity (Wildman–Crippen MR) is 57.4 cm³/mol. The van der Waals surface area contributed by atoms with Gasteiger partial charge < -0.3 is 5.73 Å². The first-order valence-corrected chi connectivity index (χ1v) is 4.69. The standard InChI is InChI=1S/C9H7BrClNO/c10-8-3-2-7(11)5-6(8)1-4-9(12)13/h1-5H,(H2,12,13)/b4-1+. The zero-order valence-electron chi connectivity index (χ0n) is 6.63. The van der Waals surface area contributed by atoms with Gasteiger partial charge in [-0.2, -0.15) is 0 Å². The van der Waals surface area contributed by atoms with Crippen molar-refractivity contribution < 1.29 is 4.79 Å². The molecule has 0 atom stereocenters. The fourth-order valence-electron chi connectivity index (χ4n) is 0.814. The summed E-state index contributed by atoms with van der Waals surface area (Å²) in [4.78, 5) is 10.5. The Bertz CT molecular complexity index is 363. The lowest BCUT2D eigenvalue weighted by atomic mass is 10.2. The molecule has 0 aromatic heterocycles. The van der Waals surface area contributed by atoms with Gasteiger partial charge >= 0.3 is 0 Å². The molecule has 0 aliphatic rings. The second-order valence-corrected chi connectivity index (χ2v) is 3.69. The van der Waals surface area contributed by atoms with E-state index >= 15 is 0 Å². The Morgan fingerprint density at radius 3 is 2.85 bits per heavy atom. The summed E-state index contributed by atoms with van der Waals surface area (Å²) in [6.07, 6.45) is 2.90. The van der Waals surface area contributed by atoms with Gasteiger partial charge in [-0.25, -0.2) is 0 Å². The van der Waals surface area contributed by atoms with Gasteiger partial charge in [0.2, 0.25) is 5.91 Å². The topological polar surface area (TPSA) is 43.1 Å². The Kier molecular flexibility index (Phi) is 3.51. The third kappa shape index (κ3) is 3.20. The van der Waals surface area contributed by atoms with Gasteiger partial charge in [-0.05, 0) is 29.8 Å². The summed E-state index contributed by atoms with van der Waals surface area (Å²) < 4.78 is 0.870. The summed E-state index contributed by atoms with van der Waals surface area (Å²) in [6.45, 7) is 0. The van der Waals surface area contributed by atoms with Gasteiger partial charge in [0.25, 0.3) is 0 Å². The molecule has 0 heterocycles. The fourth-order valence-corrected chi connectivity index (χ4v) is 1.37. The van der Waals surface area contributed by atoms with E-state index in [2.05, 4.69) is 15.9 Å². The van der Waals surface area contributed by atoms with Crippen LogP contribution in [0.15, 0.2) is 28.7 Å². The van der Waals surface area contributed by atoms with Crippen molar-refractivity contribution in [2.45, 2.75) is 0 Å². The highest BCUT2D eigenvalue weighted by Gasteiger charge is 1.96. The van der Waals surface area contributed by atoms with Gasteiger partial charge in [-0.1, -0.05) is 27.5 Å². The Hall–Kier alpha value is -0.800. The van der Waals surface area contributed by atoms with Crippen LogP contribution in [-0.4, -0.2) is 5.91 Å². The number of primary amides is 1. The largest absolute Gasteiger partial charge is 0.366 e. The molecule has 0 saturated carbocycles. The highest BCUT2D eigenvalue weighted by molar-refractivity contribution is 9.10. The van der Waals surface area contributed by atoms with E-state index in [1.54, 1.807) is 18.2 Å². The van der Waals surface area contributed by atoms with Crippen molar-refractivity contribution in [2.24, 2.45) is 5.73 Å². The van der Waals surface area contributed by atoms with E-state index in [4.69, 9.17) is 17.3 Å². The van der Waals surface area contributed by atoms with Crippen molar-refractivity contribution in [1.82, 2.24) is 0 Å². The Labute approximate surface area is 89.5 Å². The van der Waals surface area contributed by atoms with E-state index in [1.165, 1.54) is 6.08 Å². The van der Waals surface area contributed by atoms with E-state index in [9.17, 15) is 4.79 Å². The zero-order valence-corrected chi connectivity index (χ0v) is 8.97. The molecule has 2 N–H and O–H groups in total. The number of nitrogens with two attached hydrogens (primary N) is 1. The molecule has 0 unspecified atom stereocenters. The maximum atomic E-state index is 10.5. The van der Waals surface area contributed by atoms with Gasteiger partial charge in [-0.15, -0.1) is 0 Å². The van der Waals surface area contributed by atoms with Gasteiger partial charge in [0, 0.05) is 15.6 Å². The number of carbonyl (C=O) groups excluding carboxylic acids is 1. The summed E-state index contributed by atoms with van der Waals surface area (Å²) in [6, 6.07) is 5.31. The molecule has 0 spiro atoms. The molecule has 1 aromatic rings. The molecule has 0 aliphatic carbocycles. The van der Waals surface area contributed by atoms with Crippen LogP contribution >= 0.6 is 27.5 Å². The highest BCUT2D eigenvalue weighted by Crippen LogP contribution is 2.22. The molecule has 1 aromatic carbocycles. The molecule has 0 bridgehead atoms. The number of halogens is 2. The molecule has 13 heavy (non-hydrogen) atoms. The Morgan fingerprint density at radius 1 is 1.54 bits per heavy atom. The summed E-state index contributed by atoms with van der Waals surface area (Å²) in [7, 11) is 0. The van der Waals surface area contributed by atoms with Crippen molar-refractivity contribution in [2.75, 3.05) is 0 Å². The Morgan fingerprint density at radius 2 is 2.23 bits per heavy atom. The first kappa shape index (κ1) is 10.3. The molecule has 68 valence electrons. The van der Waals surface area contributed by atoms with Crippen molar-refractivity contribution in [1.29, 1.82) is 0 Å². The van der Waals surface area contributed by atoms with Crippen molar-refractivity contribution in [3.8, 4) is 0 Å². The molecule has 1 rings (SSSR count). The molecular weight excluding hydrogens is 253 g/mol. The number of rotatable bonds is 2. The minimum absolute atomic E-state index is 0.480. The van der Waals surface area contributed by atoms with Crippen LogP contribution in [0.4, 0.5) is 0 Å². The van der Waals surface area contributed by atoms with Crippen LogP contribution in [0.5, 0.6) is 0 Å². The monoisotopic (exact) mass is 259 g/mol. The number of benzene rings is 1. The van der Waals surface area contributed by atoms with Crippen LogP contribution in [-0.2, 0) is 4.79 Å². The van der Waals surface area contributed by atoms with Gasteiger partial charge in [-0.3, -0.25) is 4.79 Å². The van der Waals surface area contributed by atoms with Gasteiger partial charge in [0.15, 0.2) is 0 Å². The number of carbonyl (C=O) groups is 1. The average molecular weight is 261 g/mol. The quantitative estimate of drug-likeness (QED) is 0.816. The van der Waals surface area contributed by atoms with Crippen LogP contribution in [0.1, 0.15) is 5.56 Å². The summed E-state index contributed by atoms with van der Waals surface area (Å²) in [5, 5.41) is 0.618. The van der Waals surface area contributed by atoms with Crippen LogP contribution in [0.3, 0.4) is 0 Å². The molecule has 0 fully saturated rings. The molecule has 0 saturated heterocycles. The number of amides is 1. The van der Waals surface area contributed by atoms with Crippen molar-refractivity contribution >= 4 is 39.5 Å². The van der Waals surface area contributed by atoms with E-state index in [1.807, 2.05) is 6.07 Å². The van der Waals surface area contributed by atoms with Crippen molar-refractivity contribution in [3.05, 3.63) is 39.3 Å². The molecule has 1 amide bonds. The van der Waals surface area contributed by atoms with Crippen LogP contribution < -0.4 is 5.73 Å². The van der Waals surface area contributed by atoms with E-state index in [0.717, 1.165) is 10.0 Å². The minimum Gasteiger partial charge on any atom is -0.366 e. The highest BCUT2D eigenvalue weighted by atomic mass is 79.9. The first-order valence-electron chi connectivity index (χ1n) is 3.52. The molecule has 2 nitrogen and oxygen atoms in total. The number of hydrogen-bond donors (Lipinski definition) is 1. The van der Waals surface area contributed by atoms with Crippen LogP contribution in [0, 0.1) is 0 Å². The summed E-state index contributed by atoms with van der Waals surface area (Å²) in [5.41, 5.74) is 5.78. The SMILES string of the molecule is NC(=O)/C=C/c1cc(Cl)ccc1Br. The normalized spacial score (nSPS) is 10.6. The maximum absolute atomic E-state index is 10.5. The summed E-state index contributed by atoms with van der Waals surface area (Å²) >= 11 is 9.08. The lowest BCUT2D eigenvalue weighted by molar-refractivity contribution is -0.113. The second-order valence-electron chi connectivity index (χ2n) is 2.40. The third-order valence-electron chi connectivity index (χ3n) is 1.39. The van der Waals surface area contributed by atoms with Crippen LogP contribution in [0.2, 0.25) is 5.02 Å². The van der Waals surface area contributed by atoms with Crippen molar-refractivity contribution in [3.63, 3.8) is 0 Å². The maximum Gasteiger partial charge on any atom is 0.241 e. The molecule has 0 aliphatic heterocycles. The van der Waals surface area contributed by atoms with Gasteiger partial charge in [0.1, 0.15) is 0 Å². The smallest absolute Gasteiger partial charge is 0.241 e. The van der Waals surface area contributed by atoms with Gasteiger partial charge in [0.05, 0.1) is 0 Å². The summed E-state index contributed by atoms with van der Waals surface area (Å²) in [5.74, 6) is -0.480. The third-order valence-corrected chi connectivity index (χ3v) is 2.34. The number of hydrogen-bond acceptors (Lipinski definition) is 1. The Balaban J connectivity index is 3.00. The average Bonchev–Trinajstić information content (AvgIpc) is 2.06. The van der Waals surface area contributed by atoms with E-state index in [0.29, 0.717) is 5.02 Å². The predicted octanol–water partition coefficient (Wildman–Crippen LogP) is 2.60. The minimum atomic E-state index is -0.480. The second kappa shape index (κ2) is 4.44. The van der Waals surface area contributed by atoms with Crippen LogP contribution in [0.25, 0.3) is 6.08 Å². The zero-order chi connectivity index (χ0) is 9.84. The molecule has 0 radical (unpaired) electrons.